The van der Waals surface area contributed by atoms with Crippen LogP contribution in [0.15, 0.2) is 212 Å². The summed E-state index contributed by atoms with van der Waals surface area (Å²) in [5, 5.41) is 0. The van der Waals surface area contributed by atoms with Crippen LogP contribution in [0.3, 0.4) is 0 Å². The van der Waals surface area contributed by atoms with Gasteiger partial charge in [0.2, 0.25) is 0 Å². The third kappa shape index (κ3) is 5.57. The molecule has 0 radical (unpaired) electrons. The van der Waals surface area contributed by atoms with Crippen molar-refractivity contribution in [3.8, 4) is 67.5 Å². The van der Waals surface area contributed by atoms with Gasteiger partial charge in [0.05, 0.1) is 5.41 Å². The smallest absolute Gasteiger partial charge is 0.164 e. The average molecular weight is 702 g/mol. The van der Waals surface area contributed by atoms with E-state index in [1.165, 1.54) is 33.4 Å². The van der Waals surface area contributed by atoms with Gasteiger partial charge in [0, 0.05) is 16.7 Å². The average Bonchev–Trinajstić information content (AvgIpc) is 3.59. The minimum atomic E-state index is -0.613. The fraction of sp³-hybridized carbons (Fsp3) is 0.0192. The molecule has 0 amide bonds. The van der Waals surface area contributed by atoms with E-state index in [2.05, 4.69) is 194 Å². The maximum Gasteiger partial charge on any atom is 0.164 e. The van der Waals surface area contributed by atoms with E-state index in [0.29, 0.717) is 17.5 Å². The Bertz CT molecular complexity index is 2690. The summed E-state index contributed by atoms with van der Waals surface area (Å²) in [6.07, 6.45) is 0. The topological polar surface area (TPSA) is 38.7 Å². The minimum Gasteiger partial charge on any atom is -0.208 e. The van der Waals surface area contributed by atoms with E-state index >= 15 is 0 Å². The Hall–Kier alpha value is -7.23. The van der Waals surface area contributed by atoms with Gasteiger partial charge >= 0.3 is 0 Å². The molecule has 55 heavy (non-hydrogen) atoms. The van der Waals surface area contributed by atoms with Crippen molar-refractivity contribution in [1.29, 1.82) is 0 Å². The van der Waals surface area contributed by atoms with Gasteiger partial charge in [0.25, 0.3) is 0 Å². The van der Waals surface area contributed by atoms with Gasteiger partial charge in [-0.15, -0.1) is 0 Å². The van der Waals surface area contributed by atoms with Crippen LogP contribution in [0.5, 0.6) is 0 Å². The quantitative estimate of drug-likeness (QED) is 0.166. The lowest BCUT2D eigenvalue weighted by atomic mass is 9.66. The largest absolute Gasteiger partial charge is 0.208 e. The first-order chi connectivity index (χ1) is 27.3. The van der Waals surface area contributed by atoms with Crippen LogP contribution in [-0.2, 0) is 5.41 Å². The summed E-state index contributed by atoms with van der Waals surface area (Å²) < 4.78 is 0. The van der Waals surface area contributed by atoms with Crippen LogP contribution < -0.4 is 0 Å². The molecule has 258 valence electrons. The minimum absolute atomic E-state index is 0.613. The van der Waals surface area contributed by atoms with Crippen LogP contribution in [0.1, 0.15) is 22.3 Å². The van der Waals surface area contributed by atoms with Crippen molar-refractivity contribution >= 4 is 0 Å². The monoisotopic (exact) mass is 701 g/mol. The molecule has 0 N–H and O–H groups in total. The van der Waals surface area contributed by atoms with Gasteiger partial charge in [0.1, 0.15) is 0 Å². The van der Waals surface area contributed by atoms with E-state index in [-0.39, 0.29) is 0 Å². The second kappa shape index (κ2) is 13.6. The molecule has 3 heteroatoms. The number of rotatable bonds is 7. The third-order valence-corrected chi connectivity index (χ3v) is 10.8. The predicted molar refractivity (Wildman–Crippen MR) is 224 cm³/mol. The zero-order chi connectivity index (χ0) is 36.6. The molecule has 1 heterocycles. The second-order valence-corrected chi connectivity index (χ2v) is 14.0. The summed E-state index contributed by atoms with van der Waals surface area (Å²) in [5.74, 6) is 1.89. The van der Waals surface area contributed by atoms with Gasteiger partial charge in [-0.1, -0.05) is 194 Å². The highest BCUT2D eigenvalue weighted by atomic mass is 15.0. The van der Waals surface area contributed by atoms with Gasteiger partial charge < -0.3 is 0 Å². The van der Waals surface area contributed by atoms with Gasteiger partial charge in [0.15, 0.2) is 17.5 Å². The molecule has 1 aliphatic rings. The van der Waals surface area contributed by atoms with Gasteiger partial charge in [-0.05, 0) is 73.8 Å². The molecule has 0 saturated carbocycles. The molecule has 1 aliphatic carbocycles. The summed E-state index contributed by atoms with van der Waals surface area (Å²) in [4.78, 5) is 16.0. The van der Waals surface area contributed by atoms with Crippen LogP contribution in [0, 0.1) is 0 Å². The molecule has 3 nitrogen and oxygen atoms in total. The van der Waals surface area contributed by atoms with E-state index in [1.54, 1.807) is 0 Å². The Morgan fingerprint density at radius 3 is 1.24 bits per heavy atom. The summed E-state index contributed by atoms with van der Waals surface area (Å²) in [6.45, 7) is 0. The molecule has 0 fully saturated rings. The predicted octanol–water partition coefficient (Wildman–Crippen LogP) is 12.6. The summed E-state index contributed by atoms with van der Waals surface area (Å²) in [6, 6.07) is 75.1. The van der Waals surface area contributed by atoms with Crippen molar-refractivity contribution in [2.24, 2.45) is 0 Å². The molecule has 0 atom stereocenters. The van der Waals surface area contributed by atoms with Crippen molar-refractivity contribution in [1.82, 2.24) is 15.0 Å². The first kappa shape index (κ1) is 32.4. The fourth-order valence-electron chi connectivity index (χ4n) is 8.38. The number of benzene rings is 8. The molecule has 0 spiro atoms. The molecule has 10 rings (SSSR count). The van der Waals surface area contributed by atoms with Crippen LogP contribution in [0.2, 0.25) is 0 Å². The zero-order valence-electron chi connectivity index (χ0n) is 30.0. The van der Waals surface area contributed by atoms with Crippen LogP contribution in [0.4, 0.5) is 0 Å². The molecular weight excluding hydrogens is 667 g/mol. The van der Waals surface area contributed by atoms with E-state index in [9.17, 15) is 0 Å². The zero-order valence-corrected chi connectivity index (χ0v) is 30.0. The summed E-state index contributed by atoms with van der Waals surface area (Å²) >= 11 is 0. The number of hydrogen-bond acceptors (Lipinski definition) is 3. The number of hydrogen-bond donors (Lipinski definition) is 0. The fourth-order valence-corrected chi connectivity index (χ4v) is 8.38. The summed E-state index contributed by atoms with van der Waals surface area (Å²) in [7, 11) is 0. The van der Waals surface area contributed by atoms with Crippen molar-refractivity contribution in [3.05, 3.63) is 235 Å². The normalized spacial score (nSPS) is 12.5. The molecule has 0 unspecified atom stereocenters. The van der Waals surface area contributed by atoms with Gasteiger partial charge in [-0.2, -0.15) is 0 Å². The lowest BCUT2D eigenvalue weighted by Crippen LogP contribution is -2.29. The Morgan fingerprint density at radius 2 is 0.673 bits per heavy atom. The Morgan fingerprint density at radius 1 is 0.273 bits per heavy atom. The maximum absolute atomic E-state index is 5.44. The van der Waals surface area contributed by atoms with Crippen LogP contribution >= 0.6 is 0 Å². The maximum atomic E-state index is 5.44. The lowest BCUT2D eigenvalue weighted by Gasteiger charge is -2.35. The molecular formula is C52H35N3. The van der Waals surface area contributed by atoms with E-state index in [0.717, 1.165) is 38.9 Å². The SMILES string of the molecule is c1ccc(-c2cc(-c3ccccc3)cc(-c3nc(-c4ccccc4)nc(-c4cccc5c4C(c4ccccc4)(c4ccccc4)c4ccccc4-5)n3)c2)cc1. The Balaban J connectivity index is 1.27. The summed E-state index contributed by atoms with van der Waals surface area (Å²) in [5.41, 5.74) is 13.9. The van der Waals surface area contributed by atoms with Gasteiger partial charge in [-0.25, -0.2) is 15.0 Å². The van der Waals surface area contributed by atoms with Crippen molar-refractivity contribution < 1.29 is 0 Å². The first-order valence-electron chi connectivity index (χ1n) is 18.7. The molecule has 1 aromatic heterocycles. The van der Waals surface area contributed by atoms with Crippen LogP contribution in [-0.4, -0.2) is 15.0 Å². The first-order valence-corrected chi connectivity index (χ1v) is 18.7. The third-order valence-electron chi connectivity index (χ3n) is 10.8. The van der Waals surface area contributed by atoms with Crippen LogP contribution in [0.25, 0.3) is 67.5 Å². The second-order valence-electron chi connectivity index (χ2n) is 14.0. The van der Waals surface area contributed by atoms with E-state index in [1.807, 2.05) is 18.2 Å². The Kier molecular flexibility index (Phi) is 8.04. The van der Waals surface area contributed by atoms with E-state index in [4.69, 9.17) is 15.0 Å². The number of nitrogens with zero attached hydrogens (tertiary/aromatic N) is 3. The molecule has 0 bridgehead atoms. The highest BCUT2D eigenvalue weighted by molar-refractivity contribution is 5.92. The van der Waals surface area contributed by atoms with Crippen molar-refractivity contribution in [2.45, 2.75) is 5.41 Å². The highest BCUT2D eigenvalue weighted by Crippen LogP contribution is 2.58. The number of fused-ring (bicyclic) bond motifs is 3. The molecule has 0 aliphatic heterocycles. The Labute approximate surface area is 321 Å². The van der Waals surface area contributed by atoms with E-state index < -0.39 is 5.41 Å². The standard InChI is InChI=1S/C52H35N3/c1-6-19-36(20-7-1)39-33-40(37-21-8-2-9-22-37)35-41(34-39)50-53-49(38-23-10-3-11-24-38)54-51(55-50)46-31-18-30-45-44-29-16-17-32-47(44)52(48(45)46,42-25-12-4-13-26-42)43-27-14-5-15-28-43/h1-35H. The molecule has 9 aromatic rings. The van der Waals surface area contributed by atoms with Crippen molar-refractivity contribution in [3.63, 3.8) is 0 Å². The number of aromatic nitrogens is 3. The highest BCUT2D eigenvalue weighted by Gasteiger charge is 2.47. The molecule has 0 saturated heterocycles. The molecule has 8 aromatic carbocycles. The van der Waals surface area contributed by atoms with Gasteiger partial charge in [-0.3, -0.25) is 0 Å². The van der Waals surface area contributed by atoms with Crippen molar-refractivity contribution in [2.75, 3.05) is 0 Å². The lowest BCUT2D eigenvalue weighted by molar-refractivity contribution is 0.769.